The van der Waals surface area contributed by atoms with Crippen molar-refractivity contribution in [1.29, 1.82) is 0 Å². The van der Waals surface area contributed by atoms with E-state index in [4.69, 9.17) is 11.5 Å². The summed E-state index contributed by atoms with van der Waals surface area (Å²) in [6, 6.07) is 13.3. The number of aromatic hydroxyl groups is 2. The number of para-hydroxylation sites is 2. The number of carbonyl (C=O) groups is 2. The molecule has 0 aliphatic rings. The second-order valence-electron chi connectivity index (χ2n) is 4.96. The van der Waals surface area contributed by atoms with Crippen molar-refractivity contribution in [2.45, 2.75) is 12.8 Å². The van der Waals surface area contributed by atoms with Gasteiger partial charge in [-0.2, -0.15) is 0 Å². The second-order valence-corrected chi connectivity index (χ2v) is 8.06. The summed E-state index contributed by atoms with van der Waals surface area (Å²) in [6.07, 6.45) is 0.177. The first kappa shape index (κ1) is 25.6. The van der Waals surface area contributed by atoms with E-state index in [1.54, 1.807) is 36.4 Å². The minimum atomic E-state index is -1.56. The summed E-state index contributed by atoms with van der Waals surface area (Å²) in [4.78, 5) is 23.8. The first-order valence-electron chi connectivity index (χ1n) is 7.59. The second kappa shape index (κ2) is 14.7. The van der Waals surface area contributed by atoms with Crippen LogP contribution in [0, 0.1) is 35.9 Å². The van der Waals surface area contributed by atoms with Crippen molar-refractivity contribution in [3.8, 4) is 11.5 Å². The number of phenols is 2. The first-order chi connectivity index (χ1) is 12.0. The van der Waals surface area contributed by atoms with Crippen LogP contribution >= 0.6 is 0 Å². The summed E-state index contributed by atoms with van der Waals surface area (Å²) < 4.78 is -0.228. The molecule has 0 spiro atoms. The van der Waals surface area contributed by atoms with E-state index in [9.17, 15) is 19.8 Å². The van der Waals surface area contributed by atoms with Gasteiger partial charge in [0.1, 0.15) is 0 Å². The molecule has 0 aliphatic carbocycles. The van der Waals surface area contributed by atoms with E-state index in [2.05, 4.69) is 0 Å². The molecule has 8 heteroatoms. The molecule has 2 rings (SSSR count). The van der Waals surface area contributed by atoms with Gasteiger partial charge in [-0.3, -0.25) is 0 Å². The van der Waals surface area contributed by atoms with Crippen LogP contribution in [0.25, 0.3) is 0 Å². The Balaban J connectivity index is 0.00000113. The minimum absolute atomic E-state index is 0. The molecule has 0 saturated heterocycles. The van der Waals surface area contributed by atoms with Gasteiger partial charge in [-0.1, -0.05) is 0 Å². The van der Waals surface area contributed by atoms with Gasteiger partial charge < -0.3 is 11.5 Å². The molecule has 2 aromatic rings. The number of hydrogen-bond donors (Lipinski definition) is 4. The molecule has 0 bridgehead atoms. The number of hydrogen-bond acceptors (Lipinski definition) is 6. The fourth-order valence-electron chi connectivity index (χ4n) is 1.78. The van der Waals surface area contributed by atoms with Gasteiger partial charge in [0.05, 0.1) is 0 Å². The Bertz CT molecular complexity index is 654. The van der Waals surface area contributed by atoms with E-state index >= 15 is 0 Å². The average molecular weight is 512 g/mol. The summed E-state index contributed by atoms with van der Waals surface area (Å²) >= 11 is -1.56. The summed E-state index contributed by atoms with van der Waals surface area (Å²) in [7, 11) is 0. The van der Waals surface area contributed by atoms with E-state index in [0.29, 0.717) is 24.2 Å². The van der Waals surface area contributed by atoms with Gasteiger partial charge in [0, 0.05) is 13.1 Å². The quantitative estimate of drug-likeness (QED) is 0.396. The van der Waals surface area contributed by atoms with Crippen LogP contribution in [0.15, 0.2) is 48.5 Å². The Morgan fingerprint density at radius 1 is 0.769 bits per heavy atom. The monoisotopic (exact) mass is 512 g/mol. The number of carbonyl (C=O) groups excluding carboxylic acids is 2. The van der Waals surface area contributed by atoms with Crippen LogP contribution in [0.1, 0.15) is 11.1 Å². The van der Waals surface area contributed by atoms with Crippen LogP contribution in [0.4, 0.5) is 0 Å². The topological polar surface area (TPSA) is 127 Å². The third-order valence-electron chi connectivity index (χ3n) is 3.00. The Morgan fingerprint density at radius 3 is 1.42 bits per heavy atom. The van der Waals surface area contributed by atoms with Crippen LogP contribution < -0.4 is 11.5 Å². The SMILES string of the molecule is NCCN.O=[C](Cc1ccccc1O)[Gd][C](=O)Cc1ccccc1O.[NaH]. The molecule has 2 aromatic carbocycles. The van der Waals surface area contributed by atoms with Crippen LogP contribution in [-0.4, -0.2) is 56.0 Å². The van der Waals surface area contributed by atoms with E-state index in [0.717, 1.165) is 0 Å². The average Bonchev–Trinajstić information content (AvgIpc) is 2.59. The maximum atomic E-state index is 11.9. The van der Waals surface area contributed by atoms with Crippen molar-refractivity contribution in [2.75, 3.05) is 13.1 Å². The normalized spacial score (nSPS) is 9.62. The van der Waals surface area contributed by atoms with Gasteiger partial charge in [0.15, 0.2) is 0 Å². The molecule has 0 saturated carbocycles. The zero-order valence-corrected chi connectivity index (χ0v) is 15.9. The van der Waals surface area contributed by atoms with Crippen molar-refractivity contribution in [1.82, 2.24) is 0 Å². The summed E-state index contributed by atoms with van der Waals surface area (Å²) in [5, 5.41) is 19.2. The van der Waals surface area contributed by atoms with Gasteiger partial charge in [-0.05, 0) is 0 Å². The van der Waals surface area contributed by atoms with Crippen molar-refractivity contribution >= 4 is 32.7 Å². The number of rotatable bonds is 7. The molecule has 138 valence electrons. The Morgan fingerprint density at radius 2 is 1.12 bits per heavy atom. The summed E-state index contributed by atoms with van der Waals surface area (Å²) in [5.41, 5.74) is 10.9. The molecule has 0 fully saturated rings. The van der Waals surface area contributed by atoms with Gasteiger partial charge in [-0.25, -0.2) is 0 Å². The molecule has 26 heavy (non-hydrogen) atoms. The van der Waals surface area contributed by atoms with Crippen molar-refractivity contribution in [3.63, 3.8) is 0 Å². The molecule has 0 heterocycles. The van der Waals surface area contributed by atoms with Crippen molar-refractivity contribution < 1.29 is 55.7 Å². The molecular formula is C18H23GdN2NaO4. The van der Waals surface area contributed by atoms with Gasteiger partial charge in [-0.15, -0.1) is 0 Å². The summed E-state index contributed by atoms with van der Waals surface area (Å²) in [5.74, 6) is 0.154. The number of benzene rings is 2. The van der Waals surface area contributed by atoms with E-state index in [1.165, 1.54) is 12.1 Å². The van der Waals surface area contributed by atoms with Gasteiger partial charge in [0.2, 0.25) is 0 Å². The molecule has 0 amide bonds. The fraction of sp³-hybridized carbons (Fsp3) is 0.222. The summed E-state index contributed by atoms with van der Waals surface area (Å²) in [6.45, 7) is 1.19. The maximum absolute atomic E-state index is 11.9. The predicted molar refractivity (Wildman–Crippen MR) is 98.9 cm³/mol. The Hall–Kier alpha value is -0.375. The van der Waals surface area contributed by atoms with Crippen LogP contribution in [0.3, 0.4) is 0 Å². The van der Waals surface area contributed by atoms with Crippen LogP contribution in [-0.2, 0) is 22.4 Å². The van der Waals surface area contributed by atoms with E-state index in [-0.39, 0.29) is 57.0 Å². The zero-order chi connectivity index (χ0) is 18.7. The zero-order valence-electron chi connectivity index (χ0n) is 13.7. The van der Waals surface area contributed by atoms with Crippen molar-refractivity contribution in [2.24, 2.45) is 11.5 Å². The van der Waals surface area contributed by atoms with E-state index in [1.807, 2.05) is 0 Å². The molecule has 6 nitrogen and oxygen atoms in total. The number of phenolic OH excluding ortho intramolecular Hbond substituents is 2. The Labute approximate surface area is 194 Å². The van der Waals surface area contributed by atoms with Crippen LogP contribution in [0.5, 0.6) is 11.5 Å². The Kier molecular flexibility index (Phi) is 14.4. The van der Waals surface area contributed by atoms with E-state index < -0.39 is 35.9 Å². The molecular weight excluding hydrogens is 488 g/mol. The van der Waals surface area contributed by atoms with Crippen LogP contribution in [0.2, 0.25) is 0 Å². The predicted octanol–water partition coefficient (Wildman–Crippen LogP) is 0.277. The molecule has 0 aromatic heterocycles. The molecule has 0 aliphatic heterocycles. The fourth-order valence-corrected chi connectivity index (χ4v) is 3.75. The molecule has 0 unspecified atom stereocenters. The van der Waals surface area contributed by atoms with Crippen molar-refractivity contribution in [3.05, 3.63) is 59.7 Å². The standard InChI is InChI=1S/2C8H7O2.C2H8N2.Gd.Na.H/c2*9-6-5-7-3-1-2-4-8(7)10;3-1-2-4;;;/h2*1-4,10H,5H2;1-4H2;;;. The molecule has 0 atom stereocenters. The molecule has 0 radical (unpaired) electrons. The third kappa shape index (κ3) is 10.1. The first-order valence-corrected chi connectivity index (χ1v) is 9.86. The van der Waals surface area contributed by atoms with Gasteiger partial charge >= 0.3 is 172 Å². The number of nitrogens with two attached hydrogens (primary N) is 2. The van der Waals surface area contributed by atoms with Gasteiger partial charge in [0.25, 0.3) is 0 Å². The molecule has 6 N–H and O–H groups in total. The third-order valence-corrected chi connectivity index (χ3v) is 5.06.